The summed E-state index contributed by atoms with van der Waals surface area (Å²) in [6.07, 6.45) is 2.42. The molecule has 0 aliphatic rings. The summed E-state index contributed by atoms with van der Waals surface area (Å²) >= 11 is 0. The van der Waals surface area contributed by atoms with Crippen molar-refractivity contribution in [2.24, 2.45) is 11.8 Å². The van der Waals surface area contributed by atoms with Gasteiger partial charge in [-0.3, -0.25) is 0 Å². The quantitative estimate of drug-likeness (QED) is 0.746. The van der Waals surface area contributed by atoms with Crippen LogP contribution in [-0.2, 0) is 6.42 Å². The van der Waals surface area contributed by atoms with Crippen LogP contribution in [-0.4, -0.2) is 0 Å². The predicted molar refractivity (Wildman–Crippen MR) is 74.5 cm³/mol. The highest BCUT2D eigenvalue weighted by Crippen LogP contribution is 2.10. The fourth-order valence-electron chi connectivity index (χ4n) is 1.14. The normalized spacial score (nSPS) is 10.2. The molecule has 0 saturated heterocycles. The summed E-state index contributed by atoms with van der Waals surface area (Å²) in [5.74, 6) is 1.61. The summed E-state index contributed by atoms with van der Waals surface area (Å²) in [7, 11) is 0. The van der Waals surface area contributed by atoms with E-state index in [1.54, 1.807) is 0 Å². The molecule has 0 spiro atoms. The van der Waals surface area contributed by atoms with Crippen LogP contribution in [0.4, 0.5) is 5.69 Å². The van der Waals surface area contributed by atoms with Gasteiger partial charge >= 0.3 is 0 Å². The minimum absolute atomic E-state index is 0.780. The third kappa shape index (κ3) is 9.57. The van der Waals surface area contributed by atoms with Gasteiger partial charge in [-0.05, 0) is 42.4 Å². The van der Waals surface area contributed by atoms with Crippen LogP contribution in [0, 0.1) is 11.8 Å². The Balaban J connectivity index is 0.000000487. The molecule has 1 nitrogen and oxygen atoms in total. The van der Waals surface area contributed by atoms with Crippen molar-refractivity contribution in [1.29, 1.82) is 0 Å². The number of nitrogen functional groups attached to an aromatic ring is 1. The molecule has 0 aliphatic heterocycles. The highest BCUT2D eigenvalue weighted by molar-refractivity contribution is 5.39. The van der Waals surface area contributed by atoms with E-state index < -0.39 is 0 Å². The molecule has 92 valence electrons. The van der Waals surface area contributed by atoms with E-state index in [4.69, 9.17) is 5.73 Å². The van der Waals surface area contributed by atoms with Crippen LogP contribution >= 0.6 is 0 Å². The summed E-state index contributed by atoms with van der Waals surface area (Å²) < 4.78 is 0. The first kappa shape index (κ1) is 15.0. The maximum Gasteiger partial charge on any atom is 0.0314 e. The van der Waals surface area contributed by atoms with Gasteiger partial charge < -0.3 is 5.73 Å². The summed E-state index contributed by atoms with van der Waals surface area (Å²) in [5.41, 5.74) is 7.82. The molecule has 0 amide bonds. The topological polar surface area (TPSA) is 26.0 Å². The van der Waals surface area contributed by atoms with E-state index in [0.29, 0.717) is 0 Å². The third-order valence-electron chi connectivity index (χ3n) is 1.99. The molecule has 1 rings (SSSR count). The zero-order valence-corrected chi connectivity index (χ0v) is 11.5. The summed E-state index contributed by atoms with van der Waals surface area (Å²) in [5, 5.41) is 0. The van der Waals surface area contributed by atoms with Crippen molar-refractivity contribution in [1.82, 2.24) is 0 Å². The van der Waals surface area contributed by atoms with Gasteiger partial charge in [-0.1, -0.05) is 46.8 Å². The van der Waals surface area contributed by atoms with E-state index in [2.05, 4.69) is 46.8 Å². The first-order valence-corrected chi connectivity index (χ1v) is 6.26. The van der Waals surface area contributed by atoms with Crippen molar-refractivity contribution >= 4 is 5.69 Å². The van der Waals surface area contributed by atoms with E-state index >= 15 is 0 Å². The highest BCUT2D eigenvalue weighted by atomic mass is 14.5. The van der Waals surface area contributed by atoms with Gasteiger partial charge in [0, 0.05) is 5.69 Å². The second kappa shape index (κ2) is 8.20. The van der Waals surface area contributed by atoms with Gasteiger partial charge in [0.1, 0.15) is 0 Å². The standard InChI is InChI=1S/C11H17N.C4H10/c1-9(2)3-4-10-5-7-11(12)8-6-10;1-4(2)3/h5-9H,3-4,12H2,1-2H3;4H,1-3H3. The van der Waals surface area contributed by atoms with E-state index in [1.807, 2.05) is 12.1 Å². The van der Waals surface area contributed by atoms with Crippen molar-refractivity contribution in [3.05, 3.63) is 29.8 Å². The fraction of sp³-hybridized carbons (Fsp3) is 0.600. The number of anilines is 1. The Bertz CT molecular complexity index is 257. The van der Waals surface area contributed by atoms with Crippen LogP contribution in [0.3, 0.4) is 0 Å². The molecule has 16 heavy (non-hydrogen) atoms. The second-order valence-electron chi connectivity index (χ2n) is 5.41. The maximum atomic E-state index is 5.58. The van der Waals surface area contributed by atoms with Crippen molar-refractivity contribution in [3.63, 3.8) is 0 Å². The molecule has 0 heterocycles. The Labute approximate surface area is 101 Å². The van der Waals surface area contributed by atoms with Crippen LogP contribution < -0.4 is 5.73 Å². The number of benzene rings is 1. The predicted octanol–water partition coefficient (Wildman–Crippen LogP) is 4.52. The van der Waals surface area contributed by atoms with Gasteiger partial charge in [0.25, 0.3) is 0 Å². The zero-order chi connectivity index (χ0) is 12.6. The molecule has 0 saturated carbocycles. The van der Waals surface area contributed by atoms with Gasteiger partial charge in [-0.15, -0.1) is 0 Å². The minimum atomic E-state index is 0.780. The molecular weight excluding hydrogens is 194 g/mol. The average molecular weight is 221 g/mol. The monoisotopic (exact) mass is 221 g/mol. The molecule has 2 N–H and O–H groups in total. The number of hydrogen-bond acceptors (Lipinski definition) is 1. The lowest BCUT2D eigenvalue weighted by Gasteiger charge is -2.04. The van der Waals surface area contributed by atoms with Crippen molar-refractivity contribution in [3.8, 4) is 0 Å². The van der Waals surface area contributed by atoms with E-state index in [0.717, 1.165) is 23.9 Å². The molecule has 0 radical (unpaired) electrons. The van der Waals surface area contributed by atoms with Crippen molar-refractivity contribution < 1.29 is 0 Å². The number of rotatable bonds is 3. The van der Waals surface area contributed by atoms with Crippen LogP contribution in [0.1, 0.15) is 46.6 Å². The zero-order valence-electron chi connectivity index (χ0n) is 11.5. The van der Waals surface area contributed by atoms with Crippen molar-refractivity contribution in [2.75, 3.05) is 5.73 Å². The molecule has 1 aromatic rings. The van der Waals surface area contributed by atoms with Gasteiger partial charge in [-0.2, -0.15) is 0 Å². The summed E-state index contributed by atoms with van der Waals surface area (Å²) in [6, 6.07) is 8.15. The molecule has 0 unspecified atom stereocenters. The third-order valence-corrected chi connectivity index (χ3v) is 1.99. The SMILES string of the molecule is CC(C)C.CC(C)CCc1ccc(N)cc1. The molecule has 1 heteroatoms. The van der Waals surface area contributed by atoms with Crippen LogP contribution in [0.2, 0.25) is 0 Å². The molecule has 0 atom stereocenters. The van der Waals surface area contributed by atoms with Gasteiger partial charge in [0.2, 0.25) is 0 Å². The molecule has 0 aromatic heterocycles. The Morgan fingerprint density at radius 2 is 1.38 bits per heavy atom. The lowest BCUT2D eigenvalue weighted by atomic mass is 10.0. The molecular formula is C15H27N. The lowest BCUT2D eigenvalue weighted by molar-refractivity contribution is 0.587. The van der Waals surface area contributed by atoms with Crippen molar-refractivity contribution in [2.45, 2.75) is 47.5 Å². The summed E-state index contributed by atoms with van der Waals surface area (Å²) in [4.78, 5) is 0. The van der Waals surface area contributed by atoms with Gasteiger partial charge in [0.05, 0.1) is 0 Å². The Kier molecular flexibility index (Phi) is 7.70. The van der Waals surface area contributed by atoms with E-state index in [9.17, 15) is 0 Å². The number of nitrogens with two attached hydrogens (primary N) is 1. The number of aryl methyl sites for hydroxylation is 1. The molecule has 1 aromatic carbocycles. The largest absolute Gasteiger partial charge is 0.399 e. The minimum Gasteiger partial charge on any atom is -0.399 e. The van der Waals surface area contributed by atoms with Gasteiger partial charge in [0.15, 0.2) is 0 Å². The Hall–Kier alpha value is -0.980. The average Bonchev–Trinajstić information content (AvgIpc) is 2.16. The highest BCUT2D eigenvalue weighted by Gasteiger charge is 1.95. The second-order valence-corrected chi connectivity index (χ2v) is 5.41. The summed E-state index contributed by atoms with van der Waals surface area (Å²) in [6.45, 7) is 11.0. The first-order chi connectivity index (χ1) is 7.41. The maximum absolute atomic E-state index is 5.58. The number of hydrogen-bond donors (Lipinski definition) is 1. The Morgan fingerprint density at radius 3 is 1.75 bits per heavy atom. The molecule has 0 fully saturated rings. The van der Waals surface area contributed by atoms with Crippen LogP contribution in [0.5, 0.6) is 0 Å². The molecule has 0 aliphatic carbocycles. The smallest absolute Gasteiger partial charge is 0.0314 e. The van der Waals surface area contributed by atoms with Gasteiger partial charge in [-0.25, -0.2) is 0 Å². The van der Waals surface area contributed by atoms with E-state index in [-0.39, 0.29) is 0 Å². The first-order valence-electron chi connectivity index (χ1n) is 6.26. The molecule has 0 bridgehead atoms. The Morgan fingerprint density at radius 1 is 0.938 bits per heavy atom. The van der Waals surface area contributed by atoms with Crippen LogP contribution in [0.15, 0.2) is 24.3 Å². The fourth-order valence-corrected chi connectivity index (χ4v) is 1.14. The van der Waals surface area contributed by atoms with E-state index in [1.165, 1.54) is 12.0 Å². The lowest BCUT2D eigenvalue weighted by Crippen LogP contribution is -1.92. The van der Waals surface area contributed by atoms with Crippen LogP contribution in [0.25, 0.3) is 0 Å².